The fraction of sp³-hybridized carbons (Fsp3) is 0. The second-order valence-corrected chi connectivity index (χ2v) is 17.9. The Balaban J connectivity index is 1.06. The van der Waals surface area contributed by atoms with E-state index in [4.69, 9.17) is 15.0 Å². The molecule has 2 aromatic heterocycles. The molecule has 3 heterocycles. The summed E-state index contributed by atoms with van der Waals surface area (Å²) < 4.78 is 22.5. The van der Waals surface area contributed by atoms with E-state index in [1.54, 1.807) is 11.3 Å². The van der Waals surface area contributed by atoms with E-state index in [0.29, 0.717) is 17.5 Å². The SMILES string of the molecule is O=P1(c2ccccc2)N(c2ccccc2)c2ccc(-c3ccc4sc5ccc(-c6nc(-c7ccccc7)nc(-c7ccccc7)n6)cc5c4c3)cc2N1c1ccccc1. The van der Waals surface area contributed by atoms with E-state index < -0.39 is 7.44 Å². The highest BCUT2D eigenvalue weighted by atomic mass is 32.1. The largest absolute Gasteiger partial charge is 0.301 e. The third-order valence-electron chi connectivity index (χ3n) is 10.8. The number of fused-ring (bicyclic) bond motifs is 4. The lowest BCUT2D eigenvalue weighted by Gasteiger charge is -2.33. The minimum Gasteiger partial charge on any atom is -0.270 e. The Morgan fingerprint density at radius 2 is 0.780 bits per heavy atom. The summed E-state index contributed by atoms with van der Waals surface area (Å²) in [6, 6.07) is 69.8. The number of hydrogen-bond donors (Lipinski definition) is 0. The molecular weight excluding hydrogens is 762 g/mol. The van der Waals surface area contributed by atoms with E-state index in [1.807, 2.05) is 156 Å². The van der Waals surface area contributed by atoms with E-state index in [2.05, 4.69) is 59.3 Å². The molecular formula is C51H34N5OPS. The van der Waals surface area contributed by atoms with Crippen LogP contribution in [0.5, 0.6) is 0 Å². The Hall–Kier alpha value is -7.18. The van der Waals surface area contributed by atoms with Crippen LogP contribution in [0.2, 0.25) is 0 Å². The normalized spacial score (nSPS) is 14.8. The number of aromatic nitrogens is 3. The molecule has 0 saturated heterocycles. The number of para-hydroxylation sites is 2. The van der Waals surface area contributed by atoms with Gasteiger partial charge in [-0.15, -0.1) is 11.3 Å². The van der Waals surface area contributed by atoms with Gasteiger partial charge in [0.05, 0.1) is 16.7 Å². The molecule has 8 aromatic carbocycles. The molecule has 0 aliphatic carbocycles. The molecule has 10 aromatic rings. The van der Waals surface area contributed by atoms with Crippen LogP contribution in [0.4, 0.5) is 22.7 Å². The Morgan fingerprint density at radius 1 is 0.373 bits per heavy atom. The van der Waals surface area contributed by atoms with Gasteiger partial charge >= 0.3 is 7.44 Å². The second-order valence-electron chi connectivity index (χ2n) is 14.4. The molecule has 1 unspecified atom stereocenters. The first-order valence-corrected chi connectivity index (χ1v) is 21.9. The van der Waals surface area contributed by atoms with Crippen molar-refractivity contribution in [2.24, 2.45) is 0 Å². The zero-order valence-corrected chi connectivity index (χ0v) is 33.3. The third kappa shape index (κ3) is 6.02. The smallest absolute Gasteiger partial charge is 0.270 e. The lowest BCUT2D eigenvalue weighted by Crippen LogP contribution is -2.26. The van der Waals surface area contributed by atoms with Crippen LogP contribution in [0.3, 0.4) is 0 Å². The van der Waals surface area contributed by atoms with Crippen molar-refractivity contribution in [3.63, 3.8) is 0 Å². The lowest BCUT2D eigenvalue weighted by atomic mass is 10.0. The first-order chi connectivity index (χ1) is 29.1. The number of benzene rings is 8. The molecule has 1 atom stereocenters. The van der Waals surface area contributed by atoms with Gasteiger partial charge < -0.3 is 0 Å². The fourth-order valence-corrected chi connectivity index (χ4v) is 12.1. The standard InChI is InChI=1S/C51H34N5OPS/c57-58(42-24-14-5-15-25-42)55(40-20-10-3-11-21-40)45-29-26-38(34-46(45)56(58)41-22-12-4-13-23-41)37-27-30-47-43(32-37)44-33-39(28-31-48(44)59-47)51-53-49(35-16-6-1-7-17-35)52-50(54-51)36-18-8-2-9-19-36/h1-34H. The molecule has 59 heavy (non-hydrogen) atoms. The Bertz CT molecular complexity index is 3140. The predicted molar refractivity (Wildman–Crippen MR) is 245 cm³/mol. The van der Waals surface area contributed by atoms with Gasteiger partial charge in [-0.25, -0.2) is 15.0 Å². The summed E-state index contributed by atoms with van der Waals surface area (Å²) >= 11 is 1.78. The van der Waals surface area contributed by atoms with Gasteiger partial charge in [-0.05, 0) is 90.0 Å². The minimum absolute atomic E-state index is 0.626. The molecule has 0 fully saturated rings. The van der Waals surface area contributed by atoms with Crippen molar-refractivity contribution in [1.29, 1.82) is 0 Å². The maximum atomic E-state index is 16.1. The third-order valence-corrected chi connectivity index (χ3v) is 14.9. The van der Waals surface area contributed by atoms with Gasteiger partial charge in [-0.2, -0.15) is 0 Å². The van der Waals surface area contributed by atoms with Gasteiger partial charge in [-0.3, -0.25) is 13.9 Å². The molecule has 0 spiro atoms. The van der Waals surface area contributed by atoms with E-state index in [-0.39, 0.29) is 0 Å². The van der Waals surface area contributed by atoms with Crippen LogP contribution in [-0.4, -0.2) is 15.0 Å². The van der Waals surface area contributed by atoms with Crippen molar-refractivity contribution in [2.45, 2.75) is 0 Å². The van der Waals surface area contributed by atoms with E-state index in [1.165, 1.54) is 9.40 Å². The maximum Gasteiger partial charge on any atom is 0.301 e. The topological polar surface area (TPSA) is 62.2 Å². The summed E-state index contributed by atoms with van der Waals surface area (Å²) in [4.78, 5) is 14.9. The molecule has 280 valence electrons. The van der Waals surface area contributed by atoms with Crippen LogP contribution in [0, 0.1) is 0 Å². The number of hydrogen-bond acceptors (Lipinski definition) is 5. The van der Waals surface area contributed by atoms with Crippen molar-refractivity contribution < 1.29 is 4.57 Å². The molecule has 1 aliphatic heterocycles. The zero-order chi connectivity index (χ0) is 39.3. The van der Waals surface area contributed by atoms with Crippen molar-refractivity contribution in [3.05, 3.63) is 206 Å². The quantitative estimate of drug-likeness (QED) is 0.150. The van der Waals surface area contributed by atoms with Crippen molar-refractivity contribution in [1.82, 2.24) is 15.0 Å². The summed E-state index contributed by atoms with van der Waals surface area (Å²) in [7, 11) is -3.47. The van der Waals surface area contributed by atoms with Gasteiger partial charge in [0, 0.05) is 48.2 Å². The summed E-state index contributed by atoms with van der Waals surface area (Å²) in [6.45, 7) is 0. The average molecular weight is 796 g/mol. The molecule has 0 bridgehead atoms. The molecule has 6 nitrogen and oxygen atoms in total. The first-order valence-electron chi connectivity index (χ1n) is 19.5. The highest BCUT2D eigenvalue weighted by molar-refractivity contribution is 7.76. The Labute approximate surface area is 345 Å². The summed E-state index contributed by atoms with van der Waals surface area (Å²) in [5.74, 6) is 1.90. The van der Waals surface area contributed by atoms with Gasteiger partial charge in [0.1, 0.15) is 0 Å². The number of rotatable bonds is 7. The molecule has 8 heteroatoms. The van der Waals surface area contributed by atoms with Crippen molar-refractivity contribution in [3.8, 4) is 45.3 Å². The van der Waals surface area contributed by atoms with Crippen LogP contribution >= 0.6 is 18.8 Å². The molecule has 0 saturated carbocycles. The van der Waals surface area contributed by atoms with E-state index in [9.17, 15) is 0 Å². The number of anilines is 4. The van der Waals surface area contributed by atoms with Crippen LogP contribution in [-0.2, 0) is 4.57 Å². The molecule has 1 aliphatic rings. The first kappa shape index (κ1) is 35.0. The molecule has 0 N–H and O–H groups in total. The summed E-state index contributed by atoms with van der Waals surface area (Å²) in [6.07, 6.45) is 0. The minimum atomic E-state index is -3.47. The van der Waals surface area contributed by atoms with E-state index >= 15 is 4.57 Å². The zero-order valence-electron chi connectivity index (χ0n) is 31.6. The lowest BCUT2D eigenvalue weighted by molar-refractivity contribution is 0.582. The second kappa shape index (κ2) is 14.3. The van der Waals surface area contributed by atoms with Crippen molar-refractivity contribution in [2.75, 3.05) is 9.34 Å². The van der Waals surface area contributed by atoms with Crippen molar-refractivity contribution >= 4 is 67.0 Å². The van der Waals surface area contributed by atoms with E-state index in [0.717, 1.165) is 66.6 Å². The van der Waals surface area contributed by atoms with Gasteiger partial charge in [0.2, 0.25) is 0 Å². The Morgan fingerprint density at radius 3 is 1.32 bits per heavy atom. The summed E-state index contributed by atoms with van der Waals surface area (Å²) in [5.41, 5.74) is 8.43. The number of nitrogens with zero attached hydrogens (tertiary/aromatic N) is 5. The Kier molecular flexibility index (Phi) is 8.51. The highest BCUT2D eigenvalue weighted by Gasteiger charge is 2.49. The molecule has 11 rings (SSSR count). The predicted octanol–water partition coefficient (Wildman–Crippen LogP) is 13.7. The van der Waals surface area contributed by atoms with Crippen LogP contribution in [0.15, 0.2) is 206 Å². The fourth-order valence-electron chi connectivity index (χ4n) is 8.05. The molecule has 0 radical (unpaired) electrons. The maximum absolute atomic E-state index is 16.1. The molecule has 0 amide bonds. The van der Waals surface area contributed by atoms with Gasteiger partial charge in [-0.1, -0.05) is 127 Å². The highest BCUT2D eigenvalue weighted by Crippen LogP contribution is 2.70. The summed E-state index contributed by atoms with van der Waals surface area (Å²) in [5, 5.41) is 3.06. The van der Waals surface area contributed by atoms with Crippen LogP contribution in [0.1, 0.15) is 0 Å². The average Bonchev–Trinajstić information content (AvgIpc) is 3.81. The van der Waals surface area contributed by atoms with Crippen LogP contribution < -0.4 is 14.6 Å². The van der Waals surface area contributed by atoms with Crippen LogP contribution in [0.25, 0.3) is 65.5 Å². The van der Waals surface area contributed by atoms with Gasteiger partial charge in [0.15, 0.2) is 17.5 Å². The van der Waals surface area contributed by atoms with Gasteiger partial charge in [0.25, 0.3) is 0 Å². The monoisotopic (exact) mass is 795 g/mol. The number of thiophene rings is 1.